The van der Waals surface area contributed by atoms with E-state index in [1.807, 2.05) is 11.0 Å². The van der Waals surface area contributed by atoms with Crippen molar-refractivity contribution >= 4 is 29.4 Å². The van der Waals surface area contributed by atoms with Crippen molar-refractivity contribution < 1.29 is 14.3 Å². The molecule has 8 nitrogen and oxygen atoms in total. The number of nitrogens with one attached hydrogen (secondary N) is 1. The fourth-order valence-corrected chi connectivity index (χ4v) is 3.46. The Kier molecular flexibility index (Phi) is 6.31. The van der Waals surface area contributed by atoms with E-state index in [0.29, 0.717) is 23.6 Å². The summed E-state index contributed by atoms with van der Waals surface area (Å²) in [6.07, 6.45) is 5.22. The molecule has 0 saturated heterocycles. The standard InChI is InChI=1S/C21H26N4O4/c1-4-6-8-12-25-18-15(20(27)24-11-9-7-10-17(24)23-18)13-16(21(28)29-5-2)19(25)22-14(3)26/h7,9-11,13,19H,4-6,8,12H2,1-3H3,(H,22,26)/t19-/m1/s1. The van der Waals surface area contributed by atoms with Crippen molar-refractivity contribution in [2.75, 3.05) is 18.1 Å². The minimum absolute atomic E-state index is 0.195. The number of hydrogen-bond acceptors (Lipinski definition) is 6. The first-order chi connectivity index (χ1) is 14.0. The second-order valence-electron chi connectivity index (χ2n) is 6.91. The number of pyridine rings is 1. The molecule has 2 aromatic heterocycles. The summed E-state index contributed by atoms with van der Waals surface area (Å²) in [6, 6.07) is 5.31. The summed E-state index contributed by atoms with van der Waals surface area (Å²) in [5.41, 5.74) is 0.774. The van der Waals surface area contributed by atoms with Gasteiger partial charge in [0.2, 0.25) is 5.91 Å². The number of carbonyl (C=O) groups is 2. The molecule has 1 aliphatic heterocycles. The lowest BCUT2D eigenvalue weighted by molar-refractivity contribution is -0.138. The molecule has 0 saturated carbocycles. The lowest BCUT2D eigenvalue weighted by atomic mass is 10.0. The van der Waals surface area contributed by atoms with E-state index in [4.69, 9.17) is 4.74 Å². The molecular weight excluding hydrogens is 372 g/mol. The van der Waals surface area contributed by atoms with Crippen LogP contribution in [0.15, 0.2) is 34.8 Å². The first kappa shape index (κ1) is 20.6. The number of carbonyl (C=O) groups excluding carboxylic acids is 2. The summed E-state index contributed by atoms with van der Waals surface area (Å²) in [7, 11) is 0. The van der Waals surface area contributed by atoms with E-state index in [0.717, 1.165) is 19.3 Å². The Balaban J connectivity index is 2.21. The van der Waals surface area contributed by atoms with E-state index in [-0.39, 0.29) is 23.6 Å². The van der Waals surface area contributed by atoms with Gasteiger partial charge in [0.15, 0.2) is 0 Å². The molecule has 0 unspecified atom stereocenters. The van der Waals surface area contributed by atoms with E-state index in [2.05, 4.69) is 17.2 Å². The third-order valence-electron chi connectivity index (χ3n) is 4.78. The van der Waals surface area contributed by atoms with Gasteiger partial charge in [0, 0.05) is 19.7 Å². The van der Waals surface area contributed by atoms with Crippen LogP contribution in [0.1, 0.15) is 45.6 Å². The molecule has 0 aromatic carbocycles. The van der Waals surface area contributed by atoms with Gasteiger partial charge < -0.3 is 15.0 Å². The van der Waals surface area contributed by atoms with E-state index in [1.54, 1.807) is 25.3 Å². The first-order valence-electron chi connectivity index (χ1n) is 9.91. The summed E-state index contributed by atoms with van der Waals surface area (Å²) >= 11 is 0. The van der Waals surface area contributed by atoms with Gasteiger partial charge in [0.05, 0.1) is 17.7 Å². The molecule has 0 radical (unpaired) electrons. The van der Waals surface area contributed by atoms with Crippen molar-refractivity contribution in [1.29, 1.82) is 0 Å². The molecule has 1 amide bonds. The fraction of sp³-hybridized carbons (Fsp3) is 0.429. The van der Waals surface area contributed by atoms with Crippen LogP contribution < -0.4 is 15.8 Å². The number of hydrogen-bond donors (Lipinski definition) is 1. The van der Waals surface area contributed by atoms with Crippen LogP contribution >= 0.6 is 0 Å². The van der Waals surface area contributed by atoms with E-state index in [9.17, 15) is 14.4 Å². The van der Waals surface area contributed by atoms with Gasteiger partial charge in [-0.3, -0.25) is 14.0 Å². The summed E-state index contributed by atoms with van der Waals surface area (Å²) in [4.78, 5) is 44.2. The molecule has 29 heavy (non-hydrogen) atoms. The molecule has 1 N–H and O–H groups in total. The number of aromatic nitrogens is 2. The van der Waals surface area contributed by atoms with Crippen LogP contribution in [-0.2, 0) is 14.3 Å². The van der Waals surface area contributed by atoms with Crippen LogP contribution in [0.3, 0.4) is 0 Å². The normalized spacial score (nSPS) is 15.6. The van der Waals surface area contributed by atoms with Crippen LogP contribution in [0.2, 0.25) is 0 Å². The second kappa shape index (κ2) is 8.89. The van der Waals surface area contributed by atoms with Crippen molar-refractivity contribution in [3.8, 4) is 0 Å². The van der Waals surface area contributed by atoms with Gasteiger partial charge in [-0.05, 0) is 31.6 Å². The number of amides is 1. The van der Waals surface area contributed by atoms with Gasteiger partial charge >= 0.3 is 5.97 Å². The SMILES string of the molecule is CCCCCN1c2nc3ccccn3c(=O)c2C=C(C(=O)OCC)[C@@H]1NC(C)=O. The number of fused-ring (bicyclic) bond motifs is 2. The van der Waals surface area contributed by atoms with Gasteiger partial charge in [-0.25, -0.2) is 9.78 Å². The van der Waals surface area contributed by atoms with Gasteiger partial charge in [0.25, 0.3) is 5.56 Å². The number of esters is 1. The molecule has 3 rings (SSSR count). The Hall–Kier alpha value is -3.16. The molecule has 0 aliphatic carbocycles. The molecule has 1 atom stereocenters. The van der Waals surface area contributed by atoms with Crippen molar-refractivity contribution in [2.45, 2.75) is 46.2 Å². The van der Waals surface area contributed by atoms with Crippen molar-refractivity contribution in [3.05, 3.63) is 45.9 Å². The largest absolute Gasteiger partial charge is 0.463 e. The van der Waals surface area contributed by atoms with Crippen molar-refractivity contribution in [3.63, 3.8) is 0 Å². The monoisotopic (exact) mass is 398 g/mol. The van der Waals surface area contributed by atoms with Gasteiger partial charge in [-0.15, -0.1) is 0 Å². The topological polar surface area (TPSA) is 93.0 Å². The van der Waals surface area contributed by atoms with Crippen LogP contribution in [-0.4, -0.2) is 40.6 Å². The highest BCUT2D eigenvalue weighted by atomic mass is 16.5. The zero-order valence-electron chi connectivity index (χ0n) is 17.0. The summed E-state index contributed by atoms with van der Waals surface area (Å²) in [5.74, 6) is -0.384. The molecule has 0 spiro atoms. The Labute approximate surface area is 169 Å². The molecule has 3 heterocycles. The zero-order valence-corrected chi connectivity index (χ0v) is 17.0. The number of ether oxygens (including phenoxy) is 1. The predicted molar refractivity (Wildman–Crippen MR) is 111 cm³/mol. The maximum Gasteiger partial charge on any atom is 0.338 e. The molecular formula is C21H26N4O4. The highest BCUT2D eigenvalue weighted by Crippen LogP contribution is 2.30. The molecule has 0 bridgehead atoms. The van der Waals surface area contributed by atoms with E-state index < -0.39 is 12.1 Å². The number of anilines is 1. The summed E-state index contributed by atoms with van der Waals surface area (Å²) in [6.45, 7) is 5.94. The van der Waals surface area contributed by atoms with Crippen LogP contribution in [0.25, 0.3) is 11.7 Å². The Morgan fingerprint density at radius 2 is 2.03 bits per heavy atom. The Morgan fingerprint density at radius 1 is 1.24 bits per heavy atom. The Bertz CT molecular complexity index is 1010. The van der Waals surface area contributed by atoms with E-state index in [1.165, 1.54) is 17.4 Å². The first-order valence-corrected chi connectivity index (χ1v) is 9.91. The predicted octanol–water partition coefficient (Wildman–Crippen LogP) is 2.11. The average Bonchev–Trinajstić information content (AvgIpc) is 2.69. The summed E-state index contributed by atoms with van der Waals surface area (Å²) < 4.78 is 6.64. The smallest absolute Gasteiger partial charge is 0.338 e. The van der Waals surface area contributed by atoms with Crippen LogP contribution in [0, 0.1) is 0 Å². The molecule has 1 aliphatic rings. The quantitative estimate of drug-likeness (QED) is 0.567. The number of unbranched alkanes of at least 4 members (excludes halogenated alkanes) is 2. The minimum atomic E-state index is -0.742. The number of nitrogens with zero attached hydrogens (tertiary/aromatic N) is 3. The highest BCUT2D eigenvalue weighted by molar-refractivity contribution is 5.99. The third kappa shape index (κ3) is 4.16. The minimum Gasteiger partial charge on any atom is -0.463 e. The Morgan fingerprint density at radius 3 is 2.72 bits per heavy atom. The van der Waals surface area contributed by atoms with Crippen LogP contribution in [0.5, 0.6) is 0 Å². The molecule has 154 valence electrons. The van der Waals surface area contributed by atoms with E-state index >= 15 is 0 Å². The fourth-order valence-electron chi connectivity index (χ4n) is 3.46. The van der Waals surface area contributed by atoms with Crippen molar-refractivity contribution in [1.82, 2.24) is 14.7 Å². The zero-order chi connectivity index (χ0) is 21.0. The lowest BCUT2D eigenvalue weighted by Gasteiger charge is -2.37. The maximum absolute atomic E-state index is 13.1. The van der Waals surface area contributed by atoms with Gasteiger partial charge in [-0.2, -0.15) is 0 Å². The number of rotatable bonds is 7. The summed E-state index contributed by atoms with van der Waals surface area (Å²) in [5, 5.41) is 2.83. The maximum atomic E-state index is 13.1. The molecule has 8 heteroatoms. The molecule has 2 aromatic rings. The average molecular weight is 398 g/mol. The second-order valence-corrected chi connectivity index (χ2v) is 6.91. The third-order valence-corrected chi connectivity index (χ3v) is 4.78. The molecule has 0 fully saturated rings. The van der Waals surface area contributed by atoms with Gasteiger partial charge in [0.1, 0.15) is 17.6 Å². The van der Waals surface area contributed by atoms with Crippen molar-refractivity contribution in [2.24, 2.45) is 0 Å². The van der Waals surface area contributed by atoms with Gasteiger partial charge in [-0.1, -0.05) is 25.8 Å². The van der Waals surface area contributed by atoms with Crippen LogP contribution in [0.4, 0.5) is 5.82 Å². The highest BCUT2D eigenvalue weighted by Gasteiger charge is 2.36. The lowest BCUT2D eigenvalue weighted by Crippen LogP contribution is -2.53.